The van der Waals surface area contributed by atoms with Gasteiger partial charge in [0.1, 0.15) is 6.04 Å². The Hall–Kier alpha value is -3.16. The summed E-state index contributed by atoms with van der Waals surface area (Å²) in [5.41, 5.74) is 2.20. The first-order valence-corrected chi connectivity index (χ1v) is 12.2. The van der Waals surface area contributed by atoms with Crippen molar-refractivity contribution in [2.75, 3.05) is 32.7 Å². The number of likely N-dealkylation sites (tertiary alicyclic amines) is 2. The smallest absolute Gasteiger partial charge is 0.252 e. The lowest BCUT2D eigenvalue weighted by atomic mass is 9.95. The first kappa shape index (κ1) is 22.6. The van der Waals surface area contributed by atoms with Crippen molar-refractivity contribution in [1.82, 2.24) is 20.1 Å². The normalized spacial score (nSPS) is 20.5. The predicted octanol–water partition coefficient (Wildman–Crippen LogP) is 2.94. The van der Waals surface area contributed by atoms with E-state index in [2.05, 4.69) is 15.2 Å². The fourth-order valence-corrected chi connectivity index (χ4v) is 5.20. The van der Waals surface area contributed by atoms with Gasteiger partial charge in [0, 0.05) is 50.0 Å². The second-order valence-corrected chi connectivity index (χ2v) is 9.57. The number of H-pyrrole nitrogens is 1. The maximum absolute atomic E-state index is 13.6. The van der Waals surface area contributed by atoms with Gasteiger partial charge in [-0.15, -0.1) is 0 Å². The van der Waals surface area contributed by atoms with Gasteiger partial charge in [-0.1, -0.05) is 36.4 Å². The fraction of sp³-hybridized carbons (Fsp3) is 0.407. The molecule has 178 valence electrons. The molecule has 2 amide bonds. The van der Waals surface area contributed by atoms with E-state index >= 15 is 0 Å². The Balaban J connectivity index is 1.26. The number of β-amino-alcohol motifs (C(OH)–C–C–N with tert-alkyl or cyclic N) is 1. The molecule has 1 aromatic heterocycles. The number of rotatable bonds is 6. The first-order chi connectivity index (χ1) is 16.6. The van der Waals surface area contributed by atoms with E-state index in [0.717, 1.165) is 55.4 Å². The molecular weight excluding hydrogens is 428 g/mol. The van der Waals surface area contributed by atoms with Gasteiger partial charge in [0.15, 0.2) is 0 Å². The van der Waals surface area contributed by atoms with E-state index in [1.807, 2.05) is 59.6 Å². The summed E-state index contributed by atoms with van der Waals surface area (Å²) in [6, 6.07) is 16.2. The number of piperidine rings is 1. The van der Waals surface area contributed by atoms with Crippen molar-refractivity contribution >= 4 is 22.7 Å². The number of hydrogen-bond acceptors (Lipinski definition) is 4. The van der Waals surface area contributed by atoms with Gasteiger partial charge in [0.05, 0.1) is 6.10 Å². The molecule has 2 saturated heterocycles. The molecule has 3 aromatic rings. The van der Waals surface area contributed by atoms with Gasteiger partial charge < -0.3 is 25.2 Å². The van der Waals surface area contributed by atoms with Gasteiger partial charge in [-0.3, -0.25) is 9.59 Å². The zero-order valence-corrected chi connectivity index (χ0v) is 19.3. The topological polar surface area (TPSA) is 88.7 Å². The van der Waals surface area contributed by atoms with Crippen molar-refractivity contribution in [3.05, 3.63) is 71.9 Å². The van der Waals surface area contributed by atoms with E-state index in [0.29, 0.717) is 24.6 Å². The summed E-state index contributed by atoms with van der Waals surface area (Å²) in [6.07, 6.45) is 4.38. The highest BCUT2D eigenvalue weighted by Gasteiger charge is 2.32. The van der Waals surface area contributed by atoms with Gasteiger partial charge in [-0.25, -0.2) is 0 Å². The first-order valence-electron chi connectivity index (χ1n) is 12.2. The molecule has 34 heavy (non-hydrogen) atoms. The van der Waals surface area contributed by atoms with Crippen molar-refractivity contribution in [3.8, 4) is 0 Å². The lowest BCUT2D eigenvalue weighted by Gasteiger charge is -2.36. The summed E-state index contributed by atoms with van der Waals surface area (Å²) in [5.74, 6) is 0.211. The SMILES string of the molecule is O=C(N[C@@H](C(=O)N1CCC(CN2CCC(O)C2)CC1)c1ccccc1)c1ccc2cc[nH]c2c1. The summed E-state index contributed by atoms with van der Waals surface area (Å²) in [5, 5.41) is 13.8. The Bertz CT molecular complexity index is 1140. The predicted molar refractivity (Wildman–Crippen MR) is 131 cm³/mol. The number of amides is 2. The molecule has 0 spiro atoms. The average molecular weight is 461 g/mol. The molecule has 2 aromatic carbocycles. The van der Waals surface area contributed by atoms with Gasteiger partial charge >= 0.3 is 0 Å². The van der Waals surface area contributed by atoms with E-state index in [1.54, 1.807) is 6.07 Å². The highest BCUT2D eigenvalue weighted by Crippen LogP contribution is 2.25. The summed E-state index contributed by atoms with van der Waals surface area (Å²) in [6.45, 7) is 4.08. The van der Waals surface area contributed by atoms with E-state index in [1.165, 1.54) is 0 Å². The van der Waals surface area contributed by atoms with Crippen LogP contribution in [0.4, 0.5) is 0 Å². The average Bonchev–Trinajstić information content (AvgIpc) is 3.51. The summed E-state index contributed by atoms with van der Waals surface area (Å²) in [4.78, 5) is 34.1. The molecule has 3 heterocycles. The van der Waals surface area contributed by atoms with E-state index in [9.17, 15) is 14.7 Å². The number of aromatic nitrogens is 1. The molecule has 0 aliphatic carbocycles. The van der Waals surface area contributed by atoms with Crippen LogP contribution < -0.4 is 5.32 Å². The minimum atomic E-state index is -0.724. The number of aromatic amines is 1. The fourth-order valence-electron chi connectivity index (χ4n) is 5.20. The molecule has 0 saturated carbocycles. The number of aliphatic hydroxyl groups is 1. The van der Waals surface area contributed by atoms with Crippen molar-refractivity contribution < 1.29 is 14.7 Å². The van der Waals surface area contributed by atoms with Gasteiger partial charge in [0.2, 0.25) is 5.91 Å². The number of fused-ring (bicyclic) bond motifs is 1. The molecule has 3 N–H and O–H groups in total. The Morgan fingerprint density at radius 2 is 1.82 bits per heavy atom. The van der Waals surface area contributed by atoms with Crippen LogP contribution in [0.2, 0.25) is 0 Å². The Morgan fingerprint density at radius 1 is 1.03 bits per heavy atom. The van der Waals surface area contributed by atoms with Gasteiger partial charge in [0.25, 0.3) is 5.91 Å². The minimum absolute atomic E-state index is 0.0597. The molecule has 2 aliphatic heterocycles. The molecule has 1 unspecified atom stereocenters. The van der Waals surface area contributed by atoms with E-state index in [-0.39, 0.29) is 17.9 Å². The Morgan fingerprint density at radius 3 is 2.56 bits per heavy atom. The van der Waals surface area contributed by atoms with Crippen LogP contribution in [0.1, 0.15) is 41.2 Å². The highest BCUT2D eigenvalue weighted by atomic mass is 16.3. The van der Waals surface area contributed by atoms with Crippen LogP contribution in [0.5, 0.6) is 0 Å². The molecule has 2 atom stereocenters. The van der Waals surface area contributed by atoms with E-state index in [4.69, 9.17) is 0 Å². The quantitative estimate of drug-likeness (QED) is 0.528. The van der Waals surface area contributed by atoms with Crippen molar-refractivity contribution in [1.29, 1.82) is 0 Å². The molecule has 2 fully saturated rings. The Kier molecular flexibility index (Phi) is 6.65. The number of carbonyl (C=O) groups excluding carboxylic acids is 2. The van der Waals surface area contributed by atoms with Crippen LogP contribution in [0.25, 0.3) is 10.9 Å². The second kappa shape index (κ2) is 9.99. The number of carbonyl (C=O) groups is 2. The van der Waals surface area contributed by atoms with Crippen LogP contribution in [0, 0.1) is 5.92 Å². The molecule has 0 radical (unpaired) electrons. The van der Waals surface area contributed by atoms with Crippen LogP contribution in [0.15, 0.2) is 60.8 Å². The zero-order chi connectivity index (χ0) is 23.5. The molecular formula is C27H32N4O3. The van der Waals surface area contributed by atoms with Crippen LogP contribution in [-0.4, -0.2) is 70.5 Å². The third-order valence-electron chi connectivity index (χ3n) is 7.16. The molecule has 2 aliphatic rings. The number of benzene rings is 2. The zero-order valence-electron chi connectivity index (χ0n) is 19.3. The summed E-state index contributed by atoms with van der Waals surface area (Å²) in [7, 11) is 0. The highest BCUT2D eigenvalue weighted by molar-refractivity contribution is 6.00. The minimum Gasteiger partial charge on any atom is -0.392 e. The second-order valence-electron chi connectivity index (χ2n) is 9.57. The van der Waals surface area contributed by atoms with Crippen LogP contribution in [-0.2, 0) is 4.79 Å². The maximum atomic E-state index is 13.6. The maximum Gasteiger partial charge on any atom is 0.252 e. The van der Waals surface area contributed by atoms with Crippen molar-refractivity contribution in [3.63, 3.8) is 0 Å². The number of nitrogens with zero attached hydrogens (tertiary/aromatic N) is 2. The monoisotopic (exact) mass is 460 g/mol. The third-order valence-corrected chi connectivity index (χ3v) is 7.16. The van der Waals surface area contributed by atoms with Crippen molar-refractivity contribution in [2.45, 2.75) is 31.4 Å². The van der Waals surface area contributed by atoms with Crippen LogP contribution in [0.3, 0.4) is 0 Å². The van der Waals surface area contributed by atoms with E-state index < -0.39 is 6.04 Å². The summed E-state index contributed by atoms with van der Waals surface area (Å²) < 4.78 is 0. The number of aliphatic hydroxyl groups excluding tert-OH is 1. The van der Waals surface area contributed by atoms with Crippen LogP contribution >= 0.6 is 0 Å². The third kappa shape index (κ3) is 5.00. The Labute approximate surface area is 199 Å². The number of nitrogens with one attached hydrogen (secondary N) is 2. The number of hydrogen-bond donors (Lipinski definition) is 3. The molecule has 7 heteroatoms. The van der Waals surface area contributed by atoms with Gasteiger partial charge in [-0.05, 0) is 54.3 Å². The molecule has 7 nitrogen and oxygen atoms in total. The summed E-state index contributed by atoms with van der Waals surface area (Å²) >= 11 is 0. The molecule has 0 bridgehead atoms. The molecule has 5 rings (SSSR count). The lowest BCUT2D eigenvalue weighted by molar-refractivity contribution is -0.134. The van der Waals surface area contributed by atoms with Crippen molar-refractivity contribution in [2.24, 2.45) is 5.92 Å². The largest absolute Gasteiger partial charge is 0.392 e. The lowest BCUT2D eigenvalue weighted by Crippen LogP contribution is -2.47. The standard InChI is InChI=1S/C27H32N4O3/c32-23-11-13-30(18-23)17-19-9-14-31(15-10-19)27(34)25(21-4-2-1-3-5-21)29-26(33)22-7-6-20-8-12-28-24(20)16-22/h1-8,12,16,19,23,25,28,32H,9-11,13-15,17-18H2,(H,29,33)/t23?,25-/m1/s1. The van der Waals surface area contributed by atoms with Gasteiger partial charge in [-0.2, -0.15) is 0 Å².